The lowest BCUT2D eigenvalue weighted by Crippen LogP contribution is -2.36. The van der Waals surface area contributed by atoms with Gasteiger partial charge in [0, 0.05) is 17.3 Å². The van der Waals surface area contributed by atoms with E-state index >= 15 is 0 Å². The topological polar surface area (TPSA) is 63.7 Å². The molecule has 0 aliphatic carbocycles. The Morgan fingerprint density at radius 2 is 1.91 bits per heavy atom. The maximum atomic E-state index is 13.6. The third-order valence-electron chi connectivity index (χ3n) is 6.47. The van der Waals surface area contributed by atoms with Crippen LogP contribution in [0.5, 0.6) is 5.75 Å². The van der Waals surface area contributed by atoms with Gasteiger partial charge in [-0.05, 0) is 67.6 Å². The molecule has 1 unspecified atom stereocenters. The summed E-state index contributed by atoms with van der Waals surface area (Å²) in [4.78, 5) is 13.9. The zero-order valence-corrected chi connectivity index (χ0v) is 21.7. The molecule has 1 aromatic heterocycles. The zero-order valence-electron chi connectivity index (χ0n) is 20.1. The second-order valence-electron chi connectivity index (χ2n) is 8.80. The molecular formula is C27H31NO4S2. The molecule has 2 heterocycles. The van der Waals surface area contributed by atoms with Gasteiger partial charge in [-0.15, -0.1) is 11.3 Å². The smallest absolute Gasteiger partial charge is 0.247 e. The standard InChI is InChI=1S/C27H31NO4S2/c1-5-22-17-28(34(30,31)27-10-8-7-9-24(27)32-22)16-21-15-20(12-11-18(21)3)23(6-2)26-14-13-25(33-26)19(4)29/h7-15,22-23H,5-6,16-17H2,1-4H3/t22-,23?/m1/s1. The predicted molar refractivity (Wildman–Crippen MR) is 136 cm³/mol. The van der Waals surface area contributed by atoms with Crippen LogP contribution >= 0.6 is 11.3 Å². The van der Waals surface area contributed by atoms with Crippen LogP contribution in [0.25, 0.3) is 0 Å². The largest absolute Gasteiger partial charge is 0.488 e. The number of hydrogen-bond donors (Lipinski definition) is 0. The Bertz CT molecular complexity index is 1300. The minimum absolute atomic E-state index is 0.0787. The van der Waals surface area contributed by atoms with E-state index in [0.717, 1.165) is 32.9 Å². The van der Waals surface area contributed by atoms with Crippen LogP contribution in [0.1, 0.15) is 70.8 Å². The minimum atomic E-state index is -3.70. The summed E-state index contributed by atoms with van der Waals surface area (Å²) in [5.41, 5.74) is 3.17. The number of thiophene rings is 1. The van der Waals surface area contributed by atoms with E-state index in [9.17, 15) is 13.2 Å². The highest BCUT2D eigenvalue weighted by atomic mass is 32.2. The van der Waals surface area contributed by atoms with E-state index in [1.807, 2.05) is 26.0 Å². The highest BCUT2D eigenvalue weighted by Crippen LogP contribution is 2.36. The van der Waals surface area contributed by atoms with Crippen molar-refractivity contribution >= 4 is 27.1 Å². The molecular weight excluding hydrogens is 466 g/mol. The van der Waals surface area contributed by atoms with Crippen LogP contribution < -0.4 is 4.74 Å². The van der Waals surface area contributed by atoms with Crippen molar-refractivity contribution in [1.29, 1.82) is 0 Å². The maximum Gasteiger partial charge on any atom is 0.247 e. The Morgan fingerprint density at radius 3 is 2.59 bits per heavy atom. The first-order valence-corrected chi connectivity index (χ1v) is 14.0. The highest BCUT2D eigenvalue weighted by molar-refractivity contribution is 7.89. The van der Waals surface area contributed by atoms with E-state index in [2.05, 4.69) is 25.1 Å². The number of ketones is 1. The summed E-state index contributed by atoms with van der Waals surface area (Å²) in [7, 11) is -3.70. The first-order valence-electron chi connectivity index (χ1n) is 11.7. The van der Waals surface area contributed by atoms with Crippen LogP contribution in [-0.2, 0) is 16.6 Å². The number of aryl methyl sites for hydroxylation is 1. The number of hydrogen-bond acceptors (Lipinski definition) is 5. The molecule has 0 spiro atoms. The Hall–Kier alpha value is -2.48. The van der Waals surface area contributed by atoms with Crippen LogP contribution in [0, 0.1) is 6.92 Å². The predicted octanol–water partition coefficient (Wildman–Crippen LogP) is 6.16. The number of carbonyl (C=O) groups is 1. The fourth-order valence-electron chi connectivity index (χ4n) is 4.40. The van der Waals surface area contributed by atoms with Crippen molar-refractivity contribution in [1.82, 2.24) is 4.31 Å². The summed E-state index contributed by atoms with van der Waals surface area (Å²) in [6, 6.07) is 17.1. The molecule has 2 aromatic carbocycles. The monoisotopic (exact) mass is 497 g/mol. The molecule has 34 heavy (non-hydrogen) atoms. The Balaban J connectivity index is 1.69. The highest BCUT2D eigenvalue weighted by Gasteiger charge is 2.34. The van der Waals surface area contributed by atoms with E-state index in [4.69, 9.17) is 4.74 Å². The van der Waals surface area contributed by atoms with Crippen molar-refractivity contribution in [3.8, 4) is 5.75 Å². The van der Waals surface area contributed by atoms with E-state index in [1.165, 1.54) is 11.3 Å². The summed E-state index contributed by atoms with van der Waals surface area (Å²) in [5.74, 6) is 0.660. The van der Waals surface area contributed by atoms with Crippen molar-refractivity contribution in [2.24, 2.45) is 0 Å². The Labute approximate surface area is 206 Å². The Kier molecular flexibility index (Phi) is 7.26. The normalized spacial score (nSPS) is 18.5. The van der Waals surface area contributed by atoms with Gasteiger partial charge in [0.25, 0.3) is 0 Å². The van der Waals surface area contributed by atoms with Gasteiger partial charge in [0.15, 0.2) is 5.78 Å². The lowest BCUT2D eigenvalue weighted by Gasteiger charge is -2.24. The van der Waals surface area contributed by atoms with Crippen molar-refractivity contribution in [2.75, 3.05) is 6.54 Å². The molecule has 2 atom stereocenters. The van der Waals surface area contributed by atoms with Gasteiger partial charge in [0.2, 0.25) is 10.0 Å². The molecule has 0 saturated carbocycles. The van der Waals surface area contributed by atoms with Crippen LogP contribution in [0.3, 0.4) is 0 Å². The number of nitrogens with zero attached hydrogens (tertiary/aromatic N) is 1. The van der Waals surface area contributed by atoms with Gasteiger partial charge in [-0.25, -0.2) is 8.42 Å². The molecule has 180 valence electrons. The first-order chi connectivity index (χ1) is 16.2. The molecule has 0 saturated heterocycles. The van der Waals surface area contributed by atoms with Gasteiger partial charge in [-0.2, -0.15) is 4.31 Å². The molecule has 4 rings (SSSR count). The summed E-state index contributed by atoms with van der Waals surface area (Å²) in [5, 5.41) is 0. The van der Waals surface area contributed by atoms with Crippen LogP contribution in [0.4, 0.5) is 0 Å². The number of fused-ring (bicyclic) bond motifs is 1. The third kappa shape index (κ3) is 4.83. The molecule has 1 aliphatic heterocycles. The molecule has 1 aliphatic rings. The summed E-state index contributed by atoms with van der Waals surface area (Å²) in [6.07, 6.45) is 1.40. The fourth-order valence-corrected chi connectivity index (χ4v) is 7.09. The number of ether oxygens (including phenoxy) is 1. The second kappa shape index (κ2) is 10.0. The quantitative estimate of drug-likeness (QED) is 0.367. The number of sulfonamides is 1. The SMILES string of the molecule is CCC(c1ccc(C)c(CN2C[C@@H](CC)Oc3ccccc3S2(=O)=O)c1)c1ccc(C(C)=O)s1. The van der Waals surface area contributed by atoms with Crippen LogP contribution in [0.2, 0.25) is 0 Å². The number of para-hydroxylation sites is 1. The van der Waals surface area contributed by atoms with Crippen LogP contribution in [-0.4, -0.2) is 31.2 Å². The van der Waals surface area contributed by atoms with Gasteiger partial charge < -0.3 is 4.74 Å². The second-order valence-corrected chi connectivity index (χ2v) is 11.8. The van der Waals surface area contributed by atoms with Gasteiger partial charge in [-0.3, -0.25) is 4.79 Å². The van der Waals surface area contributed by atoms with Crippen molar-refractivity contribution in [3.05, 3.63) is 81.0 Å². The molecule has 0 N–H and O–H groups in total. The number of rotatable bonds is 7. The van der Waals surface area contributed by atoms with Gasteiger partial charge in [-0.1, -0.05) is 44.2 Å². The van der Waals surface area contributed by atoms with E-state index in [1.54, 1.807) is 35.5 Å². The lowest BCUT2D eigenvalue weighted by molar-refractivity contribution is 0.102. The average Bonchev–Trinajstić information content (AvgIpc) is 3.27. The minimum Gasteiger partial charge on any atom is -0.488 e. The number of benzene rings is 2. The summed E-state index contributed by atoms with van der Waals surface area (Å²) >= 11 is 1.54. The van der Waals surface area contributed by atoms with Crippen molar-refractivity contribution < 1.29 is 17.9 Å². The van der Waals surface area contributed by atoms with Gasteiger partial charge >= 0.3 is 0 Å². The molecule has 0 amide bonds. The molecule has 0 bridgehead atoms. The Morgan fingerprint density at radius 1 is 1.15 bits per heavy atom. The maximum absolute atomic E-state index is 13.6. The van der Waals surface area contributed by atoms with Gasteiger partial charge in [0.05, 0.1) is 11.4 Å². The van der Waals surface area contributed by atoms with Crippen molar-refractivity contribution in [3.63, 3.8) is 0 Å². The average molecular weight is 498 g/mol. The summed E-state index contributed by atoms with van der Waals surface area (Å²) in [6.45, 7) is 8.35. The number of Topliss-reactive ketones (excluding diaryl/α,β-unsaturated/α-hetero) is 1. The van der Waals surface area contributed by atoms with Gasteiger partial charge in [0.1, 0.15) is 16.7 Å². The lowest BCUT2D eigenvalue weighted by atomic mass is 9.92. The van der Waals surface area contributed by atoms with E-state index < -0.39 is 10.0 Å². The van der Waals surface area contributed by atoms with E-state index in [0.29, 0.717) is 18.7 Å². The van der Waals surface area contributed by atoms with E-state index in [-0.39, 0.29) is 29.2 Å². The fraction of sp³-hybridized carbons (Fsp3) is 0.370. The molecule has 3 aromatic rings. The molecule has 7 heteroatoms. The summed E-state index contributed by atoms with van der Waals surface area (Å²) < 4.78 is 34.8. The molecule has 5 nitrogen and oxygen atoms in total. The zero-order chi connectivity index (χ0) is 24.5. The third-order valence-corrected chi connectivity index (χ3v) is 9.62. The number of carbonyl (C=O) groups excluding carboxylic acids is 1. The molecule has 0 radical (unpaired) electrons. The van der Waals surface area contributed by atoms with Crippen molar-refractivity contribution in [2.45, 2.75) is 64.0 Å². The van der Waals surface area contributed by atoms with Crippen LogP contribution in [0.15, 0.2) is 59.5 Å². The molecule has 0 fully saturated rings. The first kappa shape index (κ1) is 24.6.